The zero-order valence-electron chi connectivity index (χ0n) is 15.7. The molecule has 1 aliphatic heterocycles. The Hall–Kier alpha value is -2.94. The summed E-state index contributed by atoms with van der Waals surface area (Å²) in [6.45, 7) is 5.36. The fourth-order valence-electron chi connectivity index (χ4n) is 2.98. The SMILES string of the molecule is CC(C)Oc1ccccc1C(=O)N1CCN(C(=O)c2ccc([N+](=O)[O-])s2)CC1. The molecule has 8 nitrogen and oxygen atoms in total. The van der Waals surface area contributed by atoms with E-state index in [0.717, 1.165) is 11.3 Å². The van der Waals surface area contributed by atoms with Crippen LogP contribution in [-0.2, 0) is 0 Å². The Labute approximate surface area is 166 Å². The number of carbonyl (C=O) groups is 2. The summed E-state index contributed by atoms with van der Waals surface area (Å²) in [6, 6.07) is 9.94. The summed E-state index contributed by atoms with van der Waals surface area (Å²) in [5.41, 5.74) is 0.504. The number of thiophene rings is 1. The standard InChI is InChI=1S/C19H21N3O5S/c1-13(2)27-15-6-4-3-5-14(15)18(23)20-9-11-21(12-10-20)19(24)16-7-8-17(28-16)22(25)26/h3-8,13H,9-12H2,1-2H3. The van der Waals surface area contributed by atoms with Crippen molar-refractivity contribution in [1.82, 2.24) is 9.80 Å². The van der Waals surface area contributed by atoms with Gasteiger partial charge < -0.3 is 14.5 Å². The highest BCUT2D eigenvalue weighted by molar-refractivity contribution is 7.17. The van der Waals surface area contributed by atoms with Gasteiger partial charge in [0.15, 0.2) is 0 Å². The minimum absolute atomic E-state index is 0.0433. The molecule has 1 saturated heterocycles. The third-order valence-electron chi connectivity index (χ3n) is 4.32. The minimum atomic E-state index is -0.505. The van der Waals surface area contributed by atoms with E-state index in [1.807, 2.05) is 19.9 Å². The number of para-hydroxylation sites is 1. The van der Waals surface area contributed by atoms with Crippen molar-refractivity contribution in [3.63, 3.8) is 0 Å². The van der Waals surface area contributed by atoms with Gasteiger partial charge in [0.25, 0.3) is 11.8 Å². The number of carbonyl (C=O) groups excluding carboxylic acids is 2. The molecule has 2 amide bonds. The number of nitrogens with zero attached hydrogens (tertiary/aromatic N) is 3. The lowest BCUT2D eigenvalue weighted by Crippen LogP contribution is -2.50. The predicted octanol–water partition coefficient (Wildman–Crippen LogP) is 3.04. The fraction of sp³-hybridized carbons (Fsp3) is 0.368. The Balaban J connectivity index is 1.64. The first-order valence-electron chi connectivity index (χ1n) is 8.95. The maximum Gasteiger partial charge on any atom is 0.324 e. The van der Waals surface area contributed by atoms with Crippen LogP contribution in [0, 0.1) is 10.1 Å². The molecule has 1 aromatic carbocycles. The average Bonchev–Trinajstić information content (AvgIpc) is 3.17. The molecular formula is C19H21N3O5S. The quantitative estimate of drug-likeness (QED) is 0.565. The molecular weight excluding hydrogens is 382 g/mol. The number of ether oxygens (including phenoxy) is 1. The molecule has 0 saturated carbocycles. The molecule has 0 bridgehead atoms. The van der Waals surface area contributed by atoms with Gasteiger partial charge in [-0.05, 0) is 32.0 Å². The molecule has 1 fully saturated rings. The number of rotatable bonds is 5. The van der Waals surface area contributed by atoms with Crippen molar-refractivity contribution in [2.75, 3.05) is 26.2 Å². The molecule has 3 rings (SSSR count). The Morgan fingerprint density at radius 1 is 1.04 bits per heavy atom. The third kappa shape index (κ3) is 4.30. The van der Waals surface area contributed by atoms with Crippen LogP contribution in [0.3, 0.4) is 0 Å². The molecule has 1 aromatic heterocycles. The molecule has 0 spiro atoms. The Bertz CT molecular complexity index is 887. The molecule has 2 heterocycles. The monoisotopic (exact) mass is 403 g/mol. The molecule has 1 aliphatic rings. The maximum absolute atomic E-state index is 12.9. The third-order valence-corrected chi connectivity index (χ3v) is 5.34. The zero-order chi connectivity index (χ0) is 20.3. The largest absolute Gasteiger partial charge is 0.490 e. The highest BCUT2D eigenvalue weighted by atomic mass is 32.1. The van der Waals surface area contributed by atoms with Crippen LogP contribution in [0.1, 0.15) is 33.9 Å². The van der Waals surface area contributed by atoms with Crippen molar-refractivity contribution >= 4 is 28.2 Å². The lowest BCUT2D eigenvalue weighted by Gasteiger charge is -2.34. The lowest BCUT2D eigenvalue weighted by atomic mass is 10.1. The normalized spacial score (nSPS) is 14.2. The molecule has 0 radical (unpaired) electrons. The van der Waals surface area contributed by atoms with Gasteiger partial charge in [-0.25, -0.2) is 0 Å². The highest BCUT2D eigenvalue weighted by Gasteiger charge is 2.28. The summed E-state index contributed by atoms with van der Waals surface area (Å²) in [7, 11) is 0. The second-order valence-corrected chi connectivity index (χ2v) is 7.70. The van der Waals surface area contributed by atoms with Crippen LogP contribution in [-0.4, -0.2) is 58.8 Å². The maximum atomic E-state index is 12.9. The minimum Gasteiger partial charge on any atom is -0.490 e. The van der Waals surface area contributed by atoms with E-state index in [2.05, 4.69) is 0 Å². The summed E-state index contributed by atoms with van der Waals surface area (Å²) < 4.78 is 5.73. The van der Waals surface area contributed by atoms with E-state index in [4.69, 9.17) is 4.74 Å². The highest BCUT2D eigenvalue weighted by Crippen LogP contribution is 2.26. The summed E-state index contributed by atoms with van der Waals surface area (Å²) in [5.74, 6) is 0.177. The summed E-state index contributed by atoms with van der Waals surface area (Å²) >= 11 is 0.867. The van der Waals surface area contributed by atoms with Gasteiger partial charge in [0.2, 0.25) is 0 Å². The van der Waals surface area contributed by atoms with Crippen LogP contribution >= 0.6 is 11.3 Å². The molecule has 0 unspecified atom stereocenters. The molecule has 0 atom stereocenters. The summed E-state index contributed by atoms with van der Waals surface area (Å²) in [6.07, 6.45) is -0.0433. The zero-order valence-corrected chi connectivity index (χ0v) is 16.5. The Morgan fingerprint density at radius 2 is 1.64 bits per heavy atom. The van der Waals surface area contributed by atoms with Gasteiger partial charge >= 0.3 is 5.00 Å². The van der Waals surface area contributed by atoms with E-state index in [0.29, 0.717) is 42.4 Å². The van der Waals surface area contributed by atoms with Crippen molar-refractivity contribution in [2.45, 2.75) is 20.0 Å². The summed E-state index contributed by atoms with van der Waals surface area (Å²) in [5, 5.41) is 10.7. The van der Waals surface area contributed by atoms with Crippen molar-refractivity contribution < 1.29 is 19.2 Å². The van der Waals surface area contributed by atoms with E-state index in [-0.39, 0.29) is 22.9 Å². The van der Waals surface area contributed by atoms with Crippen LogP contribution in [0.2, 0.25) is 0 Å². The lowest BCUT2D eigenvalue weighted by molar-refractivity contribution is -0.380. The molecule has 28 heavy (non-hydrogen) atoms. The first kappa shape index (κ1) is 19.8. The van der Waals surface area contributed by atoms with E-state index in [9.17, 15) is 19.7 Å². The summed E-state index contributed by atoms with van der Waals surface area (Å²) in [4.78, 5) is 39.4. The van der Waals surface area contributed by atoms with Crippen LogP contribution in [0.25, 0.3) is 0 Å². The van der Waals surface area contributed by atoms with Gasteiger partial charge in [0, 0.05) is 32.2 Å². The average molecular weight is 403 g/mol. The van der Waals surface area contributed by atoms with E-state index < -0.39 is 4.92 Å². The second kappa shape index (κ2) is 8.39. The number of hydrogen-bond acceptors (Lipinski definition) is 6. The molecule has 9 heteroatoms. The Morgan fingerprint density at radius 3 is 2.21 bits per heavy atom. The molecule has 0 aliphatic carbocycles. The Kier molecular flexibility index (Phi) is 5.93. The van der Waals surface area contributed by atoms with Crippen molar-refractivity contribution in [2.24, 2.45) is 0 Å². The van der Waals surface area contributed by atoms with Gasteiger partial charge in [-0.15, -0.1) is 0 Å². The van der Waals surface area contributed by atoms with Gasteiger partial charge in [0.1, 0.15) is 5.75 Å². The number of nitro groups is 1. The van der Waals surface area contributed by atoms with Crippen LogP contribution < -0.4 is 4.74 Å². The van der Waals surface area contributed by atoms with E-state index in [1.54, 1.807) is 28.0 Å². The van der Waals surface area contributed by atoms with Crippen LogP contribution in [0.4, 0.5) is 5.00 Å². The molecule has 2 aromatic rings. The number of piperazine rings is 1. The van der Waals surface area contributed by atoms with E-state index >= 15 is 0 Å². The topological polar surface area (TPSA) is 93.0 Å². The first-order chi connectivity index (χ1) is 13.4. The van der Waals surface area contributed by atoms with Crippen molar-refractivity contribution in [3.05, 3.63) is 57.0 Å². The van der Waals surface area contributed by atoms with Gasteiger partial charge in [-0.1, -0.05) is 23.5 Å². The van der Waals surface area contributed by atoms with Gasteiger partial charge in [-0.2, -0.15) is 0 Å². The van der Waals surface area contributed by atoms with Crippen LogP contribution in [0.15, 0.2) is 36.4 Å². The second-order valence-electron chi connectivity index (χ2n) is 6.64. The van der Waals surface area contributed by atoms with Gasteiger partial charge in [0.05, 0.1) is 21.5 Å². The van der Waals surface area contributed by atoms with Gasteiger partial charge in [-0.3, -0.25) is 19.7 Å². The number of benzene rings is 1. The molecule has 0 N–H and O–H groups in total. The smallest absolute Gasteiger partial charge is 0.324 e. The van der Waals surface area contributed by atoms with Crippen molar-refractivity contribution in [3.8, 4) is 5.75 Å². The fourth-order valence-corrected chi connectivity index (χ4v) is 3.77. The predicted molar refractivity (Wildman–Crippen MR) is 105 cm³/mol. The van der Waals surface area contributed by atoms with E-state index in [1.165, 1.54) is 12.1 Å². The number of amides is 2. The number of hydrogen-bond donors (Lipinski definition) is 0. The van der Waals surface area contributed by atoms with Crippen molar-refractivity contribution in [1.29, 1.82) is 0 Å². The first-order valence-corrected chi connectivity index (χ1v) is 9.77. The molecule has 148 valence electrons. The van der Waals surface area contributed by atoms with Crippen LogP contribution in [0.5, 0.6) is 5.75 Å².